The van der Waals surface area contributed by atoms with Gasteiger partial charge in [-0.1, -0.05) is 57.2 Å². The molecule has 2 heterocycles. The highest BCUT2D eigenvalue weighted by molar-refractivity contribution is 6.12. The van der Waals surface area contributed by atoms with Gasteiger partial charge in [-0.2, -0.15) is 5.10 Å². The van der Waals surface area contributed by atoms with Crippen LogP contribution >= 0.6 is 0 Å². The highest BCUT2D eigenvalue weighted by Crippen LogP contribution is 2.35. The van der Waals surface area contributed by atoms with Gasteiger partial charge in [-0.25, -0.2) is 4.79 Å². The number of rotatable bonds is 6. The number of aromatic nitrogens is 2. The molecule has 0 saturated heterocycles. The molecule has 8 nitrogen and oxygen atoms in total. The Morgan fingerprint density at radius 1 is 1.11 bits per heavy atom. The van der Waals surface area contributed by atoms with Crippen LogP contribution in [0, 0.1) is 0 Å². The Bertz CT molecular complexity index is 1090. The molecule has 2 aromatic rings. The molecule has 0 unspecified atom stereocenters. The zero-order chi connectivity index (χ0) is 25.0. The van der Waals surface area contributed by atoms with Crippen molar-refractivity contribution in [1.29, 1.82) is 0 Å². The number of fused-ring (bicyclic) bond motifs is 1. The van der Waals surface area contributed by atoms with Crippen molar-refractivity contribution in [2.24, 2.45) is 0 Å². The minimum absolute atomic E-state index is 0.0728. The number of hydrogen-bond donors (Lipinski definition) is 1. The first-order chi connectivity index (χ1) is 16.9. The first-order valence-electron chi connectivity index (χ1n) is 12.9. The quantitative estimate of drug-likeness (QED) is 0.623. The van der Waals surface area contributed by atoms with Crippen LogP contribution in [0.5, 0.6) is 0 Å². The van der Waals surface area contributed by atoms with E-state index in [1.807, 2.05) is 31.2 Å². The fourth-order valence-electron chi connectivity index (χ4n) is 5.23. The van der Waals surface area contributed by atoms with Gasteiger partial charge in [-0.3, -0.25) is 19.2 Å². The number of carbonyl (C=O) groups is 3. The average molecular weight is 481 g/mol. The molecule has 1 N–H and O–H groups in total. The van der Waals surface area contributed by atoms with E-state index in [0.717, 1.165) is 31.2 Å². The fraction of sp³-hybridized carbons (Fsp3) is 0.556. The molecular formula is C27H36N4O4. The molecule has 1 atom stereocenters. The van der Waals surface area contributed by atoms with Crippen molar-refractivity contribution in [2.75, 3.05) is 11.5 Å². The average Bonchev–Trinajstić information content (AvgIpc) is 3.25. The van der Waals surface area contributed by atoms with Crippen LogP contribution in [0.15, 0.2) is 30.3 Å². The maximum atomic E-state index is 13.9. The highest BCUT2D eigenvalue weighted by Gasteiger charge is 2.50. The number of anilines is 1. The first kappa shape index (κ1) is 24.9. The third kappa shape index (κ3) is 4.97. The number of aryl methyl sites for hydroxylation is 1. The minimum Gasteiger partial charge on any atom is -0.461 e. The SMILES string of the molecule is CCOC(=O)c1cc2n(n1)C[C@](C)(C(=O)NC1CCCCCCC1)N(c1ccccc1CC)C2=O. The molecule has 2 aliphatic rings. The van der Waals surface area contributed by atoms with Crippen molar-refractivity contribution in [3.8, 4) is 0 Å². The Hall–Kier alpha value is -3.16. The van der Waals surface area contributed by atoms with Crippen molar-refractivity contribution < 1.29 is 19.1 Å². The number of nitrogens with one attached hydrogen (secondary N) is 1. The lowest BCUT2D eigenvalue weighted by molar-refractivity contribution is -0.127. The lowest BCUT2D eigenvalue weighted by Crippen LogP contribution is -2.65. The second-order valence-electron chi connectivity index (χ2n) is 9.71. The molecule has 1 saturated carbocycles. The van der Waals surface area contributed by atoms with Gasteiger partial charge in [-0.05, 0) is 44.7 Å². The second kappa shape index (κ2) is 10.6. The Kier molecular flexibility index (Phi) is 7.57. The van der Waals surface area contributed by atoms with Crippen LogP contribution in [0.1, 0.15) is 92.3 Å². The third-order valence-electron chi connectivity index (χ3n) is 7.18. The van der Waals surface area contributed by atoms with Gasteiger partial charge in [0.05, 0.1) is 13.2 Å². The number of ether oxygens (including phenoxy) is 1. The Balaban J connectivity index is 1.74. The van der Waals surface area contributed by atoms with Crippen LogP contribution in [-0.4, -0.2) is 45.8 Å². The Labute approximate surface area is 207 Å². The van der Waals surface area contributed by atoms with E-state index in [-0.39, 0.29) is 42.4 Å². The summed E-state index contributed by atoms with van der Waals surface area (Å²) in [6.07, 6.45) is 8.41. The van der Waals surface area contributed by atoms with E-state index in [4.69, 9.17) is 4.74 Å². The lowest BCUT2D eigenvalue weighted by atomic mass is 9.91. The molecule has 1 aliphatic carbocycles. The van der Waals surface area contributed by atoms with Gasteiger partial charge in [0.2, 0.25) is 5.91 Å². The summed E-state index contributed by atoms with van der Waals surface area (Å²) in [4.78, 5) is 41.8. The van der Waals surface area contributed by atoms with E-state index < -0.39 is 11.5 Å². The molecule has 1 aliphatic heterocycles. The van der Waals surface area contributed by atoms with E-state index >= 15 is 0 Å². The normalized spacial score (nSPS) is 21.1. The van der Waals surface area contributed by atoms with Crippen LogP contribution in [0.25, 0.3) is 0 Å². The van der Waals surface area contributed by atoms with Gasteiger partial charge in [0.15, 0.2) is 5.69 Å². The molecule has 35 heavy (non-hydrogen) atoms. The summed E-state index contributed by atoms with van der Waals surface area (Å²) in [5.41, 5.74) is 0.819. The Morgan fingerprint density at radius 2 is 1.80 bits per heavy atom. The van der Waals surface area contributed by atoms with E-state index in [0.29, 0.717) is 12.1 Å². The zero-order valence-electron chi connectivity index (χ0n) is 21.0. The van der Waals surface area contributed by atoms with Gasteiger partial charge in [0.25, 0.3) is 5.91 Å². The third-order valence-corrected chi connectivity index (χ3v) is 7.18. The number of hydrogen-bond acceptors (Lipinski definition) is 5. The molecule has 1 fully saturated rings. The highest BCUT2D eigenvalue weighted by atomic mass is 16.5. The molecule has 4 rings (SSSR count). The van der Waals surface area contributed by atoms with Gasteiger partial charge >= 0.3 is 5.97 Å². The van der Waals surface area contributed by atoms with E-state index in [9.17, 15) is 14.4 Å². The summed E-state index contributed by atoms with van der Waals surface area (Å²) in [6.45, 7) is 5.91. The van der Waals surface area contributed by atoms with Crippen LogP contribution in [0.4, 0.5) is 5.69 Å². The van der Waals surface area contributed by atoms with Gasteiger partial charge in [-0.15, -0.1) is 0 Å². The van der Waals surface area contributed by atoms with Crippen LogP contribution in [0.3, 0.4) is 0 Å². The molecule has 188 valence electrons. The topological polar surface area (TPSA) is 93.5 Å². The molecule has 0 spiro atoms. The zero-order valence-corrected chi connectivity index (χ0v) is 21.0. The maximum absolute atomic E-state index is 13.9. The number of esters is 1. The smallest absolute Gasteiger partial charge is 0.358 e. The van der Waals surface area contributed by atoms with Crippen LogP contribution in [-0.2, 0) is 22.5 Å². The predicted octanol–water partition coefficient (Wildman–Crippen LogP) is 4.27. The van der Waals surface area contributed by atoms with Crippen LogP contribution in [0.2, 0.25) is 0 Å². The molecule has 2 amide bonds. The van der Waals surface area contributed by atoms with Gasteiger partial charge in [0, 0.05) is 17.8 Å². The van der Waals surface area contributed by atoms with Gasteiger partial charge in [0.1, 0.15) is 11.2 Å². The van der Waals surface area contributed by atoms with Gasteiger partial charge < -0.3 is 10.1 Å². The largest absolute Gasteiger partial charge is 0.461 e. The lowest BCUT2D eigenvalue weighted by Gasteiger charge is -2.44. The van der Waals surface area contributed by atoms with Crippen molar-refractivity contribution >= 4 is 23.5 Å². The maximum Gasteiger partial charge on any atom is 0.358 e. The fourth-order valence-corrected chi connectivity index (χ4v) is 5.23. The molecule has 1 aromatic carbocycles. The summed E-state index contributed by atoms with van der Waals surface area (Å²) < 4.78 is 6.58. The first-order valence-corrected chi connectivity index (χ1v) is 12.9. The Morgan fingerprint density at radius 3 is 2.49 bits per heavy atom. The predicted molar refractivity (Wildman–Crippen MR) is 133 cm³/mol. The number of para-hydroxylation sites is 1. The van der Waals surface area contributed by atoms with Crippen molar-refractivity contribution in [3.05, 3.63) is 47.3 Å². The summed E-state index contributed by atoms with van der Waals surface area (Å²) in [7, 11) is 0. The standard InChI is InChI=1S/C27H36N4O4/c1-4-19-13-11-12-16-22(19)31-24(32)23-17-21(25(33)35-5-2)29-30(23)18-27(31,3)26(34)28-20-14-9-7-6-8-10-15-20/h11-13,16-17,20H,4-10,14-15,18H2,1-3H3,(H,28,34)/t27-/m1/s1. The molecule has 1 aromatic heterocycles. The van der Waals surface area contributed by atoms with Crippen LogP contribution < -0.4 is 10.2 Å². The number of benzene rings is 1. The summed E-state index contributed by atoms with van der Waals surface area (Å²) in [5.74, 6) is -1.12. The number of nitrogens with zero attached hydrogens (tertiary/aromatic N) is 3. The van der Waals surface area contributed by atoms with E-state index in [2.05, 4.69) is 10.4 Å². The van der Waals surface area contributed by atoms with E-state index in [1.165, 1.54) is 30.0 Å². The molecule has 0 radical (unpaired) electrons. The van der Waals surface area contributed by atoms with Crippen molar-refractivity contribution in [3.63, 3.8) is 0 Å². The number of carbonyl (C=O) groups excluding carboxylic acids is 3. The van der Waals surface area contributed by atoms with Crippen molar-refractivity contribution in [1.82, 2.24) is 15.1 Å². The minimum atomic E-state index is -1.21. The summed E-state index contributed by atoms with van der Waals surface area (Å²) in [6, 6.07) is 9.24. The van der Waals surface area contributed by atoms with E-state index in [1.54, 1.807) is 18.7 Å². The molecule has 8 heteroatoms. The summed E-state index contributed by atoms with van der Waals surface area (Å²) in [5, 5.41) is 7.63. The summed E-state index contributed by atoms with van der Waals surface area (Å²) >= 11 is 0. The molecular weight excluding hydrogens is 444 g/mol. The monoisotopic (exact) mass is 480 g/mol. The second-order valence-corrected chi connectivity index (χ2v) is 9.71. The van der Waals surface area contributed by atoms with Crippen molar-refractivity contribution in [2.45, 2.75) is 90.3 Å². The number of amides is 2. The molecule has 0 bridgehead atoms.